The zero-order valence-corrected chi connectivity index (χ0v) is 12.0. The molecule has 0 amide bonds. The van der Waals surface area contributed by atoms with E-state index in [-0.39, 0.29) is 16.7 Å². The molecule has 1 atom stereocenters. The number of nitro benzene ring substituents is 1. The Kier molecular flexibility index (Phi) is 2.94. The van der Waals surface area contributed by atoms with Crippen LogP contribution in [0, 0.1) is 10.1 Å². The van der Waals surface area contributed by atoms with Gasteiger partial charge in [-0.3, -0.25) is 10.1 Å². The fourth-order valence-corrected chi connectivity index (χ4v) is 3.40. The van der Waals surface area contributed by atoms with Gasteiger partial charge in [-0.2, -0.15) is 0 Å². The number of hydrogen-bond acceptors (Lipinski definition) is 2. The number of nitro groups is 1. The minimum absolute atomic E-state index is 0.0936. The number of aromatic amines is 1. The van der Waals surface area contributed by atoms with E-state index in [1.807, 2.05) is 12.1 Å². The van der Waals surface area contributed by atoms with Crippen LogP contribution in [-0.4, -0.2) is 16.5 Å². The SMILES string of the molecule is O=[N+]([O-])c1cccc([C@@H]2[NH2+]CCc3c2[nH]c2ccccc32)c1. The highest BCUT2D eigenvalue weighted by Crippen LogP contribution is 2.31. The van der Waals surface area contributed by atoms with Crippen LogP contribution >= 0.6 is 0 Å². The fraction of sp³-hybridized carbons (Fsp3) is 0.176. The van der Waals surface area contributed by atoms with Crippen LogP contribution in [0.5, 0.6) is 0 Å². The third kappa shape index (κ3) is 1.98. The number of aromatic nitrogens is 1. The molecule has 2 aromatic carbocycles. The van der Waals surface area contributed by atoms with E-state index in [9.17, 15) is 10.1 Å². The van der Waals surface area contributed by atoms with Gasteiger partial charge in [0.2, 0.25) is 0 Å². The highest BCUT2D eigenvalue weighted by Gasteiger charge is 2.29. The van der Waals surface area contributed by atoms with Crippen LogP contribution < -0.4 is 5.32 Å². The van der Waals surface area contributed by atoms with Crippen LogP contribution in [0.25, 0.3) is 10.9 Å². The summed E-state index contributed by atoms with van der Waals surface area (Å²) in [6.45, 7) is 0.988. The number of nitrogens with two attached hydrogens (primary N) is 1. The summed E-state index contributed by atoms with van der Waals surface area (Å²) in [6.07, 6.45) is 1.02. The molecule has 22 heavy (non-hydrogen) atoms. The number of fused-ring (bicyclic) bond motifs is 3. The maximum atomic E-state index is 11.0. The number of rotatable bonds is 2. The molecule has 1 aliphatic rings. The van der Waals surface area contributed by atoms with Crippen LogP contribution in [0.3, 0.4) is 0 Å². The number of quaternary nitrogens is 1. The van der Waals surface area contributed by atoms with E-state index in [0.717, 1.165) is 24.0 Å². The van der Waals surface area contributed by atoms with Gasteiger partial charge in [0.1, 0.15) is 0 Å². The Morgan fingerprint density at radius 1 is 1.18 bits per heavy atom. The van der Waals surface area contributed by atoms with Crippen molar-refractivity contribution in [2.75, 3.05) is 6.54 Å². The molecule has 110 valence electrons. The van der Waals surface area contributed by atoms with E-state index in [1.165, 1.54) is 16.6 Å². The molecular formula is C17H16N3O2+. The summed E-state index contributed by atoms with van der Waals surface area (Å²) < 4.78 is 0. The van der Waals surface area contributed by atoms with Crippen molar-refractivity contribution >= 4 is 16.6 Å². The van der Waals surface area contributed by atoms with Crippen LogP contribution in [0.15, 0.2) is 48.5 Å². The molecule has 2 heterocycles. The van der Waals surface area contributed by atoms with E-state index < -0.39 is 0 Å². The Labute approximate surface area is 127 Å². The summed E-state index contributed by atoms with van der Waals surface area (Å²) >= 11 is 0. The molecule has 0 unspecified atom stereocenters. The third-order valence-electron chi connectivity index (χ3n) is 4.39. The largest absolute Gasteiger partial charge is 0.353 e. The Morgan fingerprint density at radius 2 is 2.05 bits per heavy atom. The summed E-state index contributed by atoms with van der Waals surface area (Å²) in [5.41, 5.74) is 4.77. The second-order valence-electron chi connectivity index (χ2n) is 5.67. The Morgan fingerprint density at radius 3 is 2.91 bits per heavy atom. The van der Waals surface area contributed by atoms with Crippen molar-refractivity contribution in [3.05, 3.63) is 75.5 Å². The van der Waals surface area contributed by atoms with Crippen molar-refractivity contribution in [3.63, 3.8) is 0 Å². The van der Waals surface area contributed by atoms with Crippen molar-refractivity contribution in [1.82, 2.24) is 4.98 Å². The number of para-hydroxylation sites is 1. The fourth-order valence-electron chi connectivity index (χ4n) is 3.40. The second-order valence-corrected chi connectivity index (χ2v) is 5.67. The zero-order chi connectivity index (χ0) is 15.1. The minimum Gasteiger partial charge on any atom is -0.353 e. The van der Waals surface area contributed by atoms with Crippen LogP contribution in [0.1, 0.15) is 22.9 Å². The zero-order valence-electron chi connectivity index (χ0n) is 12.0. The predicted octanol–water partition coefficient (Wildman–Crippen LogP) is 2.29. The van der Waals surface area contributed by atoms with Crippen LogP contribution in [0.4, 0.5) is 5.69 Å². The molecule has 0 saturated heterocycles. The standard InChI is InChI=1S/C17H15N3O2/c21-20(22)12-5-3-4-11(10-12)16-17-14(8-9-18-16)13-6-1-2-7-15(13)19-17/h1-7,10,16,18-19H,8-9H2/p+1/t16-/m0/s1. The van der Waals surface area contributed by atoms with Gasteiger partial charge in [-0.25, -0.2) is 0 Å². The third-order valence-corrected chi connectivity index (χ3v) is 4.39. The number of non-ortho nitro benzene ring substituents is 1. The average Bonchev–Trinajstić information content (AvgIpc) is 2.93. The van der Waals surface area contributed by atoms with Gasteiger partial charge in [0.15, 0.2) is 6.04 Å². The molecule has 0 aliphatic carbocycles. The predicted molar refractivity (Wildman–Crippen MR) is 83.7 cm³/mol. The first kappa shape index (κ1) is 13.0. The van der Waals surface area contributed by atoms with Gasteiger partial charge < -0.3 is 10.3 Å². The molecule has 0 radical (unpaired) electrons. The normalized spacial score (nSPS) is 17.4. The summed E-state index contributed by atoms with van der Waals surface area (Å²) in [4.78, 5) is 14.2. The smallest absolute Gasteiger partial charge is 0.269 e. The maximum Gasteiger partial charge on any atom is 0.269 e. The van der Waals surface area contributed by atoms with Gasteiger partial charge in [-0.1, -0.05) is 30.3 Å². The molecule has 0 fully saturated rings. The van der Waals surface area contributed by atoms with Crippen molar-refractivity contribution < 1.29 is 10.2 Å². The molecule has 0 saturated carbocycles. The molecule has 5 nitrogen and oxygen atoms in total. The molecule has 0 spiro atoms. The van der Waals surface area contributed by atoms with Crippen LogP contribution in [-0.2, 0) is 6.42 Å². The molecule has 3 aromatic rings. The average molecular weight is 294 g/mol. The van der Waals surface area contributed by atoms with E-state index in [2.05, 4.69) is 28.5 Å². The van der Waals surface area contributed by atoms with Gasteiger partial charge >= 0.3 is 0 Å². The van der Waals surface area contributed by atoms with Crippen molar-refractivity contribution in [3.8, 4) is 0 Å². The molecule has 4 rings (SSSR count). The Bertz CT molecular complexity index is 869. The molecule has 3 N–H and O–H groups in total. The highest BCUT2D eigenvalue weighted by molar-refractivity contribution is 5.85. The van der Waals surface area contributed by atoms with Crippen molar-refractivity contribution in [2.24, 2.45) is 0 Å². The first-order valence-corrected chi connectivity index (χ1v) is 7.41. The molecular weight excluding hydrogens is 278 g/mol. The quantitative estimate of drug-likeness (QED) is 0.562. The lowest BCUT2D eigenvalue weighted by Crippen LogP contribution is -2.87. The molecule has 1 aromatic heterocycles. The Hall–Kier alpha value is -2.66. The van der Waals surface area contributed by atoms with E-state index in [0.29, 0.717) is 0 Å². The number of hydrogen-bond donors (Lipinski definition) is 2. The Balaban J connectivity index is 1.85. The summed E-state index contributed by atoms with van der Waals surface area (Å²) in [5.74, 6) is 0. The van der Waals surface area contributed by atoms with Gasteiger partial charge in [-0.15, -0.1) is 0 Å². The maximum absolute atomic E-state index is 11.0. The van der Waals surface area contributed by atoms with E-state index in [1.54, 1.807) is 18.2 Å². The minimum atomic E-state index is -0.335. The van der Waals surface area contributed by atoms with Crippen molar-refractivity contribution in [1.29, 1.82) is 0 Å². The lowest BCUT2D eigenvalue weighted by Gasteiger charge is -2.21. The van der Waals surface area contributed by atoms with Gasteiger partial charge in [0, 0.05) is 35.0 Å². The summed E-state index contributed by atoms with van der Waals surface area (Å²) in [6, 6.07) is 15.3. The first-order chi connectivity index (χ1) is 10.7. The topological polar surface area (TPSA) is 75.5 Å². The van der Waals surface area contributed by atoms with Gasteiger partial charge in [-0.05, 0) is 11.6 Å². The monoisotopic (exact) mass is 294 g/mol. The number of nitrogens with one attached hydrogen (secondary N) is 1. The molecule has 5 heteroatoms. The van der Waals surface area contributed by atoms with Crippen LogP contribution in [0.2, 0.25) is 0 Å². The van der Waals surface area contributed by atoms with E-state index >= 15 is 0 Å². The molecule has 0 bridgehead atoms. The summed E-state index contributed by atoms with van der Waals surface area (Å²) in [5, 5.41) is 14.5. The van der Waals surface area contributed by atoms with Crippen molar-refractivity contribution in [2.45, 2.75) is 12.5 Å². The van der Waals surface area contributed by atoms with Gasteiger partial charge in [0.05, 0.1) is 17.2 Å². The number of benzene rings is 2. The van der Waals surface area contributed by atoms with E-state index in [4.69, 9.17) is 0 Å². The number of nitrogens with zero attached hydrogens (tertiary/aromatic N) is 1. The lowest BCUT2D eigenvalue weighted by atomic mass is 9.94. The summed E-state index contributed by atoms with van der Waals surface area (Å²) in [7, 11) is 0. The lowest BCUT2D eigenvalue weighted by molar-refractivity contribution is -0.690. The first-order valence-electron chi connectivity index (χ1n) is 7.41. The molecule has 1 aliphatic heterocycles. The second kappa shape index (κ2) is 4.96. The number of H-pyrrole nitrogens is 1. The highest BCUT2D eigenvalue weighted by atomic mass is 16.6. The van der Waals surface area contributed by atoms with Gasteiger partial charge in [0.25, 0.3) is 5.69 Å².